The summed E-state index contributed by atoms with van der Waals surface area (Å²) in [4.78, 5) is 22.5. The highest BCUT2D eigenvalue weighted by Gasteiger charge is 2.15. The van der Waals surface area contributed by atoms with Crippen LogP contribution in [0.4, 0.5) is 11.4 Å². The van der Waals surface area contributed by atoms with Crippen LogP contribution in [0.25, 0.3) is 11.5 Å². The molecule has 1 N–H and O–H groups in total. The lowest BCUT2D eigenvalue weighted by molar-refractivity contribution is -0.384. The molecule has 0 bridgehead atoms. The van der Waals surface area contributed by atoms with Gasteiger partial charge in [-0.3, -0.25) is 14.9 Å². The Hall–Kier alpha value is -3.11. The van der Waals surface area contributed by atoms with Gasteiger partial charge in [0.05, 0.1) is 23.5 Å². The molecule has 0 spiro atoms. The number of aromatic nitrogens is 2. The maximum Gasteiger partial charge on any atom is 0.277 e. The first kappa shape index (κ1) is 19.6. The van der Waals surface area contributed by atoms with Gasteiger partial charge in [-0.25, -0.2) is 0 Å². The first-order valence-electron chi connectivity index (χ1n) is 7.81. The monoisotopic (exact) mass is 420 g/mol. The van der Waals surface area contributed by atoms with Gasteiger partial charge >= 0.3 is 0 Å². The summed E-state index contributed by atoms with van der Waals surface area (Å²) in [5.41, 5.74) is 0.705. The van der Waals surface area contributed by atoms with Gasteiger partial charge in [0.2, 0.25) is 11.8 Å². The fourth-order valence-corrected chi connectivity index (χ4v) is 2.98. The zero-order valence-electron chi connectivity index (χ0n) is 14.4. The summed E-state index contributed by atoms with van der Waals surface area (Å²) in [5.74, 6) is 0.144. The second-order valence-corrected chi connectivity index (χ2v) is 6.73. The molecular formula is C17H13ClN4O5S. The molecule has 0 unspecified atom stereocenters. The summed E-state index contributed by atoms with van der Waals surface area (Å²) >= 11 is 6.97. The number of nitro benzene ring substituents is 1. The Morgan fingerprint density at radius 1 is 1.32 bits per heavy atom. The van der Waals surface area contributed by atoms with Crippen LogP contribution in [0.5, 0.6) is 5.75 Å². The largest absolute Gasteiger partial charge is 0.495 e. The van der Waals surface area contributed by atoms with E-state index in [2.05, 4.69) is 15.5 Å². The Bertz CT molecular complexity index is 1030. The van der Waals surface area contributed by atoms with E-state index in [-0.39, 0.29) is 28.2 Å². The highest BCUT2D eigenvalue weighted by molar-refractivity contribution is 7.99. The predicted octanol–water partition coefficient (Wildman–Crippen LogP) is 4.04. The number of hydrogen-bond donors (Lipinski definition) is 1. The molecule has 0 saturated carbocycles. The van der Waals surface area contributed by atoms with Gasteiger partial charge in [-0.15, -0.1) is 10.2 Å². The van der Waals surface area contributed by atoms with Crippen LogP contribution in [0, 0.1) is 10.1 Å². The van der Waals surface area contributed by atoms with E-state index in [1.165, 1.54) is 25.3 Å². The highest BCUT2D eigenvalue weighted by atomic mass is 35.5. The van der Waals surface area contributed by atoms with Crippen LogP contribution in [0.1, 0.15) is 0 Å². The smallest absolute Gasteiger partial charge is 0.277 e. The summed E-state index contributed by atoms with van der Waals surface area (Å²) in [7, 11) is 1.40. The number of carbonyl (C=O) groups excluding carboxylic acids is 1. The van der Waals surface area contributed by atoms with Gasteiger partial charge in [-0.05, 0) is 24.3 Å². The Morgan fingerprint density at radius 2 is 2.14 bits per heavy atom. The molecule has 0 aliphatic heterocycles. The average Bonchev–Trinajstić information content (AvgIpc) is 3.15. The number of amides is 1. The first-order valence-corrected chi connectivity index (χ1v) is 9.17. The van der Waals surface area contributed by atoms with Gasteiger partial charge in [0, 0.05) is 22.7 Å². The summed E-state index contributed by atoms with van der Waals surface area (Å²) in [5, 5.41) is 22.0. The fraction of sp³-hybridized carbons (Fsp3) is 0.118. The molecule has 0 aliphatic carbocycles. The molecule has 9 nitrogen and oxygen atoms in total. The van der Waals surface area contributed by atoms with Gasteiger partial charge in [0.1, 0.15) is 5.75 Å². The Morgan fingerprint density at radius 3 is 2.86 bits per heavy atom. The number of nitrogens with zero attached hydrogens (tertiary/aromatic N) is 3. The van der Waals surface area contributed by atoms with Crippen LogP contribution in [0.15, 0.2) is 52.1 Å². The third kappa shape index (κ3) is 4.78. The minimum absolute atomic E-state index is 0.0387. The molecule has 2 aromatic carbocycles. The molecule has 1 amide bonds. The molecule has 1 heterocycles. The van der Waals surface area contributed by atoms with Crippen molar-refractivity contribution in [3.63, 3.8) is 0 Å². The Labute approximate surface area is 168 Å². The highest BCUT2D eigenvalue weighted by Crippen LogP contribution is 2.29. The summed E-state index contributed by atoms with van der Waals surface area (Å²) in [6.45, 7) is 0. The standard InChI is InChI=1S/C17H13ClN4O5S/c1-26-14-6-5-12(22(24)25)8-13(14)19-15(23)9-28-17-21-20-16(27-17)10-3-2-4-11(18)7-10/h2-8H,9H2,1H3,(H,19,23). The number of ether oxygens (including phenoxy) is 1. The van der Waals surface area contributed by atoms with Crippen molar-refractivity contribution in [3.8, 4) is 17.2 Å². The molecule has 0 radical (unpaired) electrons. The van der Waals surface area contributed by atoms with Crippen LogP contribution >= 0.6 is 23.4 Å². The molecule has 3 rings (SSSR count). The van der Waals surface area contributed by atoms with Crippen molar-refractivity contribution < 1.29 is 18.9 Å². The van der Waals surface area contributed by atoms with E-state index in [9.17, 15) is 14.9 Å². The van der Waals surface area contributed by atoms with Gasteiger partial charge in [-0.2, -0.15) is 0 Å². The van der Waals surface area contributed by atoms with E-state index in [1.807, 2.05) is 0 Å². The molecule has 0 aliphatic rings. The lowest BCUT2D eigenvalue weighted by Crippen LogP contribution is -2.14. The van der Waals surface area contributed by atoms with E-state index in [4.69, 9.17) is 20.8 Å². The number of halogens is 1. The SMILES string of the molecule is COc1ccc([N+](=O)[O-])cc1NC(=O)CSc1nnc(-c2cccc(Cl)c2)o1. The summed E-state index contributed by atoms with van der Waals surface area (Å²) in [6.07, 6.45) is 0. The van der Waals surface area contributed by atoms with Crippen molar-refractivity contribution in [2.45, 2.75) is 5.22 Å². The van der Waals surface area contributed by atoms with Crippen molar-refractivity contribution in [2.24, 2.45) is 0 Å². The first-order chi connectivity index (χ1) is 13.5. The van der Waals surface area contributed by atoms with Crippen LogP contribution in [-0.4, -0.2) is 33.9 Å². The van der Waals surface area contributed by atoms with E-state index in [1.54, 1.807) is 24.3 Å². The van der Waals surface area contributed by atoms with E-state index in [0.29, 0.717) is 16.3 Å². The van der Waals surface area contributed by atoms with Crippen molar-refractivity contribution in [2.75, 3.05) is 18.2 Å². The quantitative estimate of drug-likeness (QED) is 0.345. The number of nitro groups is 1. The Balaban J connectivity index is 1.64. The molecular weight excluding hydrogens is 408 g/mol. The van der Waals surface area contributed by atoms with Gasteiger partial charge < -0.3 is 14.5 Å². The minimum Gasteiger partial charge on any atom is -0.495 e. The molecule has 144 valence electrons. The summed E-state index contributed by atoms with van der Waals surface area (Å²) in [6, 6.07) is 10.9. The maximum atomic E-state index is 12.2. The summed E-state index contributed by atoms with van der Waals surface area (Å²) < 4.78 is 10.6. The fourth-order valence-electron chi connectivity index (χ4n) is 2.23. The lowest BCUT2D eigenvalue weighted by Gasteiger charge is -2.09. The molecule has 3 aromatic rings. The molecule has 0 atom stereocenters. The van der Waals surface area contributed by atoms with E-state index >= 15 is 0 Å². The molecule has 11 heteroatoms. The predicted molar refractivity (Wildman–Crippen MR) is 104 cm³/mol. The molecule has 1 aromatic heterocycles. The number of methoxy groups -OCH3 is 1. The zero-order chi connectivity index (χ0) is 20.1. The topological polar surface area (TPSA) is 120 Å². The van der Waals surface area contributed by atoms with Crippen molar-refractivity contribution in [1.82, 2.24) is 10.2 Å². The molecule has 28 heavy (non-hydrogen) atoms. The third-order valence-electron chi connectivity index (χ3n) is 3.47. The van der Waals surface area contributed by atoms with Gasteiger partial charge in [-0.1, -0.05) is 29.4 Å². The van der Waals surface area contributed by atoms with E-state index < -0.39 is 10.8 Å². The van der Waals surface area contributed by atoms with Crippen LogP contribution in [-0.2, 0) is 4.79 Å². The van der Waals surface area contributed by atoms with E-state index in [0.717, 1.165) is 11.8 Å². The second-order valence-electron chi connectivity index (χ2n) is 5.36. The number of non-ortho nitro benzene ring substituents is 1. The van der Waals surface area contributed by atoms with Crippen molar-refractivity contribution >= 4 is 40.6 Å². The van der Waals surface area contributed by atoms with Crippen LogP contribution < -0.4 is 10.1 Å². The van der Waals surface area contributed by atoms with Gasteiger partial charge in [0.15, 0.2) is 0 Å². The Kier molecular flexibility index (Phi) is 6.12. The van der Waals surface area contributed by atoms with Crippen molar-refractivity contribution in [3.05, 3.63) is 57.6 Å². The third-order valence-corrected chi connectivity index (χ3v) is 4.53. The number of nitrogens with one attached hydrogen (secondary N) is 1. The lowest BCUT2D eigenvalue weighted by atomic mass is 10.2. The minimum atomic E-state index is -0.556. The number of hydrogen-bond acceptors (Lipinski definition) is 8. The normalized spacial score (nSPS) is 10.5. The number of rotatable bonds is 7. The van der Waals surface area contributed by atoms with Crippen molar-refractivity contribution in [1.29, 1.82) is 0 Å². The van der Waals surface area contributed by atoms with Gasteiger partial charge in [0.25, 0.3) is 10.9 Å². The number of anilines is 1. The number of benzene rings is 2. The van der Waals surface area contributed by atoms with Crippen LogP contribution in [0.2, 0.25) is 5.02 Å². The number of carbonyl (C=O) groups is 1. The molecule has 0 fully saturated rings. The average molecular weight is 421 g/mol. The number of thioether (sulfide) groups is 1. The second kappa shape index (κ2) is 8.72. The van der Waals surface area contributed by atoms with Crippen LogP contribution in [0.3, 0.4) is 0 Å². The zero-order valence-corrected chi connectivity index (χ0v) is 16.0. The molecule has 0 saturated heterocycles. The maximum absolute atomic E-state index is 12.2.